The topological polar surface area (TPSA) is 26.3 Å². The van der Waals surface area contributed by atoms with E-state index in [-0.39, 0.29) is 0 Å². The maximum Gasteiger partial charge on any atom is 0.143 e. The van der Waals surface area contributed by atoms with Crippen molar-refractivity contribution in [2.24, 2.45) is 0 Å². The van der Waals surface area contributed by atoms with Crippen LogP contribution >= 0.6 is 0 Å². The lowest BCUT2D eigenvalue weighted by Gasteiger charge is -2.19. The van der Waals surface area contributed by atoms with Crippen LogP contribution in [0.1, 0.15) is 5.56 Å². The van der Waals surface area contributed by atoms with Gasteiger partial charge in [0.2, 0.25) is 0 Å². The molecule has 16 aromatic carbocycles. The van der Waals surface area contributed by atoms with Crippen LogP contribution in [-0.4, -0.2) is 0 Å². The average molecular weight is 1080 g/mol. The van der Waals surface area contributed by atoms with Crippen molar-refractivity contribution < 1.29 is 8.83 Å². The number of furan rings is 2. The summed E-state index contributed by atoms with van der Waals surface area (Å²) in [6, 6.07) is 105. The predicted octanol–water partition coefficient (Wildman–Crippen LogP) is 23.9. The van der Waals surface area contributed by atoms with Crippen molar-refractivity contribution in [3.8, 4) is 66.8 Å². The van der Waals surface area contributed by atoms with Crippen molar-refractivity contribution in [1.82, 2.24) is 0 Å². The number of hydrogen-bond acceptors (Lipinski definition) is 2. The molecule has 0 saturated heterocycles. The highest BCUT2D eigenvalue weighted by Crippen LogP contribution is 2.49. The molecular weight excluding hydrogens is 1030 g/mol. The molecule has 0 spiro atoms. The molecule has 0 N–H and O–H groups in total. The fraction of sp³-hybridized carbons (Fsp3) is 0.0120. The van der Waals surface area contributed by atoms with E-state index < -0.39 is 0 Å². The molecule has 0 atom stereocenters. The third-order valence-corrected chi connectivity index (χ3v) is 18.2. The molecule has 0 radical (unpaired) electrons. The van der Waals surface area contributed by atoms with Crippen molar-refractivity contribution >= 4 is 119 Å². The molecule has 0 bridgehead atoms. The molecule has 0 aliphatic heterocycles. The van der Waals surface area contributed by atoms with Gasteiger partial charge in [0.05, 0.1) is 0 Å². The molecule has 18 aromatic rings. The normalized spacial score (nSPS) is 12.1. The number of fused-ring (bicyclic) bond motifs is 15. The van der Waals surface area contributed by atoms with Gasteiger partial charge in [-0.25, -0.2) is 0 Å². The Hall–Kier alpha value is -11.1. The molecule has 2 nitrogen and oxygen atoms in total. The molecule has 0 unspecified atom stereocenters. The highest BCUT2D eigenvalue weighted by Gasteiger charge is 2.22. The van der Waals surface area contributed by atoms with Crippen molar-refractivity contribution in [3.63, 3.8) is 0 Å². The third-order valence-electron chi connectivity index (χ3n) is 18.2. The average Bonchev–Trinajstić information content (AvgIpc) is 4.10. The first kappa shape index (κ1) is 47.6. The van der Waals surface area contributed by atoms with Crippen LogP contribution in [0.3, 0.4) is 0 Å². The summed E-state index contributed by atoms with van der Waals surface area (Å²) in [5.41, 5.74) is 19.1. The maximum atomic E-state index is 6.97. The second kappa shape index (κ2) is 18.5. The lowest BCUT2D eigenvalue weighted by atomic mass is 9.84. The van der Waals surface area contributed by atoms with Gasteiger partial charge in [-0.3, -0.25) is 0 Å². The van der Waals surface area contributed by atoms with Gasteiger partial charge < -0.3 is 8.83 Å². The summed E-state index contributed by atoms with van der Waals surface area (Å²) in [5, 5.41) is 21.2. The number of benzene rings is 16. The quantitative estimate of drug-likeness (QED) is 0.155. The van der Waals surface area contributed by atoms with E-state index in [0.29, 0.717) is 0 Å². The van der Waals surface area contributed by atoms with Gasteiger partial charge in [0, 0.05) is 32.3 Å². The van der Waals surface area contributed by atoms with Gasteiger partial charge in [-0.2, -0.15) is 0 Å². The van der Waals surface area contributed by atoms with Crippen LogP contribution in [-0.2, 0) is 0 Å². The van der Waals surface area contributed by atoms with Crippen LogP contribution in [0.2, 0.25) is 0 Å². The van der Waals surface area contributed by atoms with E-state index in [1.54, 1.807) is 0 Å². The van der Waals surface area contributed by atoms with Crippen LogP contribution in [0.5, 0.6) is 0 Å². The second-order valence-electron chi connectivity index (χ2n) is 23.1. The van der Waals surface area contributed by atoms with Gasteiger partial charge in [0.15, 0.2) is 0 Å². The summed E-state index contributed by atoms with van der Waals surface area (Å²) >= 11 is 0. The Labute approximate surface area is 489 Å². The summed E-state index contributed by atoms with van der Waals surface area (Å²) in [7, 11) is 0. The van der Waals surface area contributed by atoms with E-state index >= 15 is 0 Å². The van der Waals surface area contributed by atoms with Crippen molar-refractivity contribution in [2.75, 3.05) is 0 Å². The van der Waals surface area contributed by atoms with Gasteiger partial charge in [0.1, 0.15) is 22.3 Å². The van der Waals surface area contributed by atoms with Crippen LogP contribution in [0, 0.1) is 6.92 Å². The van der Waals surface area contributed by atoms with Gasteiger partial charge in [-0.1, -0.05) is 230 Å². The van der Waals surface area contributed by atoms with Crippen LogP contribution in [0.4, 0.5) is 0 Å². The molecule has 394 valence electrons. The SMILES string of the molecule is Cc1ccc2c(-c3ccccc3)c3ccccc3c(-c3ccc4oc5c6cc(-c7cccc(-c8c9ccccc9c(-c9ccc%10oc%11c%12ccccc%12ccc%11c%10c9)c9cc(-c%10ccc%11ccccc%11c%10)ccc89)c7)ccc6ccc5c4c3)c2c1. The first-order valence-electron chi connectivity index (χ1n) is 29.4. The van der Waals surface area contributed by atoms with E-state index in [1.165, 1.54) is 109 Å². The maximum absolute atomic E-state index is 6.97. The predicted molar refractivity (Wildman–Crippen MR) is 361 cm³/mol. The standard InChI is InChI=1S/C83H50O2/c1-49-26-36-67-74(42-49)80(65-24-11-9-22-63(65)78(67)53-16-3-2-4-17-53)60-34-41-77-73(47-60)70-39-32-52-28-30-57(45-71(52)83(70)85-77)55-19-13-20-59(44-55)79-64-23-10-12-25-66(64)81(75-46-58(33-37-68(75)79)56-29-27-50-14-5-6-18-54(50)43-56)61-35-40-76-72(48-61)69-38-31-51-15-7-8-21-62(51)82(69)84-76/h2-48H,1H3. The molecule has 0 fully saturated rings. The Morgan fingerprint density at radius 1 is 0.188 bits per heavy atom. The third kappa shape index (κ3) is 7.39. The van der Waals surface area contributed by atoms with E-state index in [9.17, 15) is 0 Å². The van der Waals surface area contributed by atoms with Crippen LogP contribution in [0.15, 0.2) is 294 Å². The zero-order chi connectivity index (χ0) is 55.9. The molecule has 0 amide bonds. The number of hydrogen-bond donors (Lipinski definition) is 0. The molecule has 2 aromatic heterocycles. The van der Waals surface area contributed by atoms with Gasteiger partial charge >= 0.3 is 0 Å². The number of aryl methyl sites for hydroxylation is 1. The Kier molecular flexibility index (Phi) is 10.3. The molecule has 18 rings (SSSR count). The highest BCUT2D eigenvalue weighted by atomic mass is 16.3. The molecule has 2 heterocycles. The Balaban J connectivity index is 0.799. The van der Waals surface area contributed by atoms with Crippen molar-refractivity contribution in [2.45, 2.75) is 6.92 Å². The minimum Gasteiger partial charge on any atom is -0.455 e. The van der Waals surface area contributed by atoms with Gasteiger partial charge in [-0.15, -0.1) is 0 Å². The minimum absolute atomic E-state index is 0.877. The van der Waals surface area contributed by atoms with E-state index in [0.717, 1.165) is 82.3 Å². The summed E-state index contributed by atoms with van der Waals surface area (Å²) in [6.45, 7) is 2.19. The highest BCUT2D eigenvalue weighted by molar-refractivity contribution is 6.25. The summed E-state index contributed by atoms with van der Waals surface area (Å²) in [5.74, 6) is 0. The Morgan fingerprint density at radius 3 is 1.22 bits per heavy atom. The van der Waals surface area contributed by atoms with Crippen LogP contribution < -0.4 is 0 Å². The second-order valence-corrected chi connectivity index (χ2v) is 23.1. The zero-order valence-corrected chi connectivity index (χ0v) is 46.5. The largest absolute Gasteiger partial charge is 0.455 e. The number of rotatable bonds is 6. The lowest BCUT2D eigenvalue weighted by Crippen LogP contribution is -1.92. The first-order valence-corrected chi connectivity index (χ1v) is 29.4. The minimum atomic E-state index is 0.877. The molecule has 0 aliphatic carbocycles. The summed E-state index contributed by atoms with van der Waals surface area (Å²) in [4.78, 5) is 0. The van der Waals surface area contributed by atoms with Crippen molar-refractivity contribution in [3.05, 3.63) is 291 Å². The molecule has 0 aliphatic rings. The van der Waals surface area contributed by atoms with Gasteiger partial charge in [0.25, 0.3) is 0 Å². The summed E-state index contributed by atoms with van der Waals surface area (Å²) < 4.78 is 13.7. The van der Waals surface area contributed by atoms with E-state index in [2.05, 4.69) is 292 Å². The smallest absolute Gasteiger partial charge is 0.143 e. The fourth-order valence-corrected chi connectivity index (χ4v) is 14.3. The molecule has 85 heavy (non-hydrogen) atoms. The van der Waals surface area contributed by atoms with E-state index in [1.807, 2.05) is 0 Å². The Morgan fingerprint density at radius 2 is 0.565 bits per heavy atom. The van der Waals surface area contributed by atoms with Crippen LogP contribution in [0.25, 0.3) is 186 Å². The molecule has 0 saturated carbocycles. The first-order chi connectivity index (χ1) is 42.0. The lowest BCUT2D eigenvalue weighted by molar-refractivity contribution is 0.672. The van der Waals surface area contributed by atoms with E-state index in [4.69, 9.17) is 8.83 Å². The molecular formula is C83H50O2. The van der Waals surface area contributed by atoms with Crippen molar-refractivity contribution in [1.29, 1.82) is 0 Å². The van der Waals surface area contributed by atoms with Gasteiger partial charge in [-0.05, 0) is 199 Å². The fourth-order valence-electron chi connectivity index (χ4n) is 14.3. The molecule has 2 heteroatoms. The summed E-state index contributed by atoms with van der Waals surface area (Å²) in [6.07, 6.45) is 0. The Bertz CT molecular complexity index is 5860. The monoisotopic (exact) mass is 1080 g/mol. The zero-order valence-electron chi connectivity index (χ0n) is 46.5.